The van der Waals surface area contributed by atoms with Gasteiger partial charge in [0.2, 0.25) is 11.8 Å². The maximum absolute atomic E-state index is 11.6. The fraction of sp³-hybridized carbons (Fsp3) is 0.364. The lowest BCUT2D eigenvalue weighted by Gasteiger charge is -2.23. The summed E-state index contributed by atoms with van der Waals surface area (Å²) >= 11 is 0. The molecule has 0 radical (unpaired) electrons. The van der Waals surface area contributed by atoms with Gasteiger partial charge in [0.05, 0.1) is 11.9 Å². The monoisotopic (exact) mass is 234 g/mol. The van der Waals surface area contributed by atoms with Crippen LogP contribution in [0.1, 0.15) is 18.4 Å². The van der Waals surface area contributed by atoms with Crippen LogP contribution in [0.25, 0.3) is 0 Å². The van der Waals surface area contributed by atoms with Crippen LogP contribution in [0.3, 0.4) is 0 Å². The Morgan fingerprint density at radius 3 is 3.06 bits per heavy atom. The SMILES string of the molecule is NCc1ccncc1NC1CCC(=O)NC1=O. The summed E-state index contributed by atoms with van der Waals surface area (Å²) in [5, 5.41) is 5.36. The first-order valence-corrected chi connectivity index (χ1v) is 5.44. The number of carbonyl (C=O) groups is 2. The van der Waals surface area contributed by atoms with Gasteiger partial charge < -0.3 is 11.1 Å². The van der Waals surface area contributed by atoms with Crippen LogP contribution in [0, 0.1) is 0 Å². The molecular formula is C11H14N4O2. The number of imide groups is 1. The normalized spacial score (nSPS) is 19.9. The van der Waals surface area contributed by atoms with E-state index in [-0.39, 0.29) is 11.8 Å². The molecule has 1 unspecified atom stereocenters. The minimum Gasteiger partial charge on any atom is -0.372 e. The number of nitrogens with two attached hydrogens (primary N) is 1. The predicted molar refractivity (Wildman–Crippen MR) is 61.9 cm³/mol. The summed E-state index contributed by atoms with van der Waals surface area (Å²) in [6.07, 6.45) is 4.12. The van der Waals surface area contributed by atoms with Crippen molar-refractivity contribution in [3.8, 4) is 0 Å². The van der Waals surface area contributed by atoms with Gasteiger partial charge in [-0.3, -0.25) is 19.9 Å². The van der Waals surface area contributed by atoms with Crippen LogP contribution in [0.5, 0.6) is 0 Å². The van der Waals surface area contributed by atoms with Gasteiger partial charge in [-0.1, -0.05) is 0 Å². The number of hydrogen-bond donors (Lipinski definition) is 3. The number of rotatable bonds is 3. The van der Waals surface area contributed by atoms with E-state index < -0.39 is 6.04 Å². The van der Waals surface area contributed by atoms with Gasteiger partial charge in [0.15, 0.2) is 0 Å². The largest absolute Gasteiger partial charge is 0.372 e. The molecule has 1 aromatic heterocycles. The second-order valence-electron chi connectivity index (χ2n) is 3.88. The van der Waals surface area contributed by atoms with Crippen LogP contribution in [-0.4, -0.2) is 22.8 Å². The van der Waals surface area contributed by atoms with Gasteiger partial charge >= 0.3 is 0 Å². The zero-order valence-electron chi connectivity index (χ0n) is 9.27. The summed E-state index contributed by atoms with van der Waals surface area (Å²) < 4.78 is 0. The minimum atomic E-state index is -0.401. The van der Waals surface area contributed by atoms with E-state index in [2.05, 4.69) is 15.6 Å². The summed E-state index contributed by atoms with van der Waals surface area (Å²) in [6, 6.07) is 1.40. The van der Waals surface area contributed by atoms with Crippen molar-refractivity contribution in [2.75, 3.05) is 5.32 Å². The van der Waals surface area contributed by atoms with Gasteiger partial charge in [-0.2, -0.15) is 0 Å². The van der Waals surface area contributed by atoms with Crippen molar-refractivity contribution < 1.29 is 9.59 Å². The average molecular weight is 234 g/mol. The Balaban J connectivity index is 2.10. The molecule has 1 saturated heterocycles. The Bertz CT molecular complexity index is 447. The van der Waals surface area contributed by atoms with Gasteiger partial charge in [0.1, 0.15) is 6.04 Å². The zero-order valence-corrected chi connectivity index (χ0v) is 9.27. The number of carbonyl (C=O) groups excluding carboxylic acids is 2. The third kappa shape index (κ3) is 2.59. The molecule has 1 fully saturated rings. The van der Waals surface area contributed by atoms with Crippen molar-refractivity contribution in [1.82, 2.24) is 10.3 Å². The van der Waals surface area contributed by atoms with Crippen LogP contribution in [0.4, 0.5) is 5.69 Å². The van der Waals surface area contributed by atoms with Gasteiger partial charge in [-0.05, 0) is 18.1 Å². The number of nitrogens with one attached hydrogen (secondary N) is 2. The van der Waals surface area contributed by atoms with Crippen LogP contribution in [0.2, 0.25) is 0 Å². The Morgan fingerprint density at radius 2 is 2.35 bits per heavy atom. The maximum atomic E-state index is 11.6. The van der Waals surface area contributed by atoms with Gasteiger partial charge in [-0.15, -0.1) is 0 Å². The van der Waals surface area contributed by atoms with E-state index in [1.165, 1.54) is 0 Å². The highest BCUT2D eigenvalue weighted by atomic mass is 16.2. The summed E-state index contributed by atoms with van der Waals surface area (Å²) in [4.78, 5) is 26.5. The van der Waals surface area contributed by atoms with Crippen LogP contribution < -0.4 is 16.4 Å². The maximum Gasteiger partial charge on any atom is 0.249 e. The topological polar surface area (TPSA) is 97.1 Å². The summed E-state index contributed by atoms with van der Waals surface area (Å²) in [5.74, 6) is -0.522. The lowest BCUT2D eigenvalue weighted by Crippen LogP contribution is -2.47. The van der Waals surface area contributed by atoms with Crippen molar-refractivity contribution in [1.29, 1.82) is 0 Å². The number of aromatic nitrogens is 1. The Labute approximate surface area is 98.6 Å². The van der Waals surface area contributed by atoms with Crippen molar-refractivity contribution in [3.05, 3.63) is 24.0 Å². The molecule has 6 heteroatoms. The van der Waals surface area contributed by atoms with E-state index in [1.54, 1.807) is 18.5 Å². The lowest BCUT2D eigenvalue weighted by molar-refractivity contribution is -0.133. The molecule has 2 heterocycles. The fourth-order valence-electron chi connectivity index (χ4n) is 1.75. The van der Waals surface area contributed by atoms with Crippen LogP contribution >= 0.6 is 0 Å². The predicted octanol–water partition coefficient (Wildman–Crippen LogP) is -0.243. The number of anilines is 1. The molecule has 0 saturated carbocycles. The second-order valence-corrected chi connectivity index (χ2v) is 3.88. The molecule has 2 rings (SSSR count). The van der Waals surface area contributed by atoms with E-state index in [1.807, 2.05) is 0 Å². The van der Waals surface area contributed by atoms with E-state index >= 15 is 0 Å². The van der Waals surface area contributed by atoms with Crippen molar-refractivity contribution in [2.24, 2.45) is 5.73 Å². The first-order chi connectivity index (χ1) is 8.20. The highest BCUT2D eigenvalue weighted by Crippen LogP contribution is 2.16. The molecule has 1 atom stereocenters. The van der Waals surface area contributed by atoms with Gasteiger partial charge in [0, 0.05) is 19.2 Å². The highest BCUT2D eigenvalue weighted by Gasteiger charge is 2.26. The molecule has 1 aliphatic rings. The molecule has 0 aliphatic carbocycles. The molecule has 0 bridgehead atoms. The first kappa shape index (κ1) is 11.5. The third-order valence-corrected chi connectivity index (χ3v) is 2.70. The van der Waals surface area contributed by atoms with Crippen molar-refractivity contribution in [2.45, 2.75) is 25.4 Å². The number of hydrogen-bond acceptors (Lipinski definition) is 5. The number of nitrogens with zero attached hydrogens (tertiary/aromatic N) is 1. The Hall–Kier alpha value is -1.95. The van der Waals surface area contributed by atoms with Gasteiger partial charge in [0.25, 0.3) is 0 Å². The highest BCUT2D eigenvalue weighted by molar-refractivity contribution is 6.01. The number of pyridine rings is 1. The van der Waals surface area contributed by atoms with Gasteiger partial charge in [-0.25, -0.2) is 0 Å². The molecule has 90 valence electrons. The average Bonchev–Trinajstić information content (AvgIpc) is 2.33. The Kier molecular flexibility index (Phi) is 3.34. The molecule has 0 aromatic carbocycles. The molecular weight excluding hydrogens is 220 g/mol. The van der Waals surface area contributed by atoms with Crippen LogP contribution in [-0.2, 0) is 16.1 Å². The zero-order chi connectivity index (χ0) is 12.3. The summed E-state index contributed by atoms with van der Waals surface area (Å²) in [5.41, 5.74) is 7.22. The fourth-order valence-corrected chi connectivity index (χ4v) is 1.75. The van der Waals surface area contributed by atoms with E-state index in [0.29, 0.717) is 19.4 Å². The quantitative estimate of drug-likeness (QED) is 0.627. The molecule has 2 amide bonds. The molecule has 17 heavy (non-hydrogen) atoms. The molecule has 6 nitrogen and oxygen atoms in total. The molecule has 1 aromatic rings. The van der Waals surface area contributed by atoms with Crippen molar-refractivity contribution >= 4 is 17.5 Å². The Morgan fingerprint density at radius 1 is 1.53 bits per heavy atom. The number of amides is 2. The standard InChI is InChI=1S/C11H14N4O2/c12-5-7-3-4-13-6-9(7)14-8-1-2-10(16)15-11(8)17/h3-4,6,8,14H,1-2,5,12H2,(H,15,16,17). The first-order valence-electron chi connectivity index (χ1n) is 5.44. The van der Waals surface area contributed by atoms with Crippen molar-refractivity contribution in [3.63, 3.8) is 0 Å². The smallest absolute Gasteiger partial charge is 0.249 e. The molecule has 1 aliphatic heterocycles. The van der Waals surface area contributed by atoms with E-state index in [4.69, 9.17) is 5.73 Å². The summed E-state index contributed by atoms with van der Waals surface area (Å²) in [6.45, 7) is 0.373. The van der Waals surface area contributed by atoms with E-state index in [0.717, 1.165) is 11.3 Å². The minimum absolute atomic E-state index is 0.224. The lowest BCUT2D eigenvalue weighted by atomic mass is 10.1. The number of piperidine rings is 1. The third-order valence-electron chi connectivity index (χ3n) is 2.70. The van der Waals surface area contributed by atoms with E-state index in [9.17, 15) is 9.59 Å². The molecule has 0 spiro atoms. The van der Waals surface area contributed by atoms with Crippen LogP contribution in [0.15, 0.2) is 18.5 Å². The second kappa shape index (κ2) is 4.92. The molecule has 4 N–H and O–H groups in total. The summed E-state index contributed by atoms with van der Waals surface area (Å²) in [7, 11) is 0.